The van der Waals surface area contributed by atoms with Crippen LogP contribution in [0.15, 0.2) is 24.3 Å². The van der Waals surface area contributed by atoms with Gasteiger partial charge in [-0.1, -0.05) is 11.6 Å². The maximum absolute atomic E-state index is 14.7. The van der Waals surface area contributed by atoms with Crippen LogP contribution in [-0.4, -0.2) is 80.4 Å². The molecule has 0 bridgehead atoms. The third kappa shape index (κ3) is 7.11. The molecule has 226 valence electrons. The summed E-state index contributed by atoms with van der Waals surface area (Å²) in [6, 6.07) is -0.634. The molecule has 1 heterocycles. The van der Waals surface area contributed by atoms with Gasteiger partial charge in [0.05, 0.1) is 23.0 Å². The van der Waals surface area contributed by atoms with Gasteiger partial charge >= 0.3 is 24.5 Å². The highest BCUT2D eigenvalue weighted by Gasteiger charge is 2.44. The highest BCUT2D eigenvalue weighted by molar-refractivity contribution is 6.31. The van der Waals surface area contributed by atoms with Gasteiger partial charge in [-0.25, -0.2) is 18.4 Å². The third-order valence-corrected chi connectivity index (χ3v) is 6.07. The Bertz CT molecular complexity index is 1430. The largest absolute Gasteiger partial charge is 0.420 e. The molecule has 0 aliphatic carbocycles. The Morgan fingerprint density at radius 3 is 2.37 bits per heavy atom. The Hall–Kier alpha value is -3.37. The van der Waals surface area contributed by atoms with Crippen molar-refractivity contribution >= 4 is 35.1 Å². The predicted octanol–water partition coefficient (Wildman–Crippen LogP) is 5.46. The lowest BCUT2D eigenvalue weighted by Gasteiger charge is -2.26. The Morgan fingerprint density at radius 1 is 1.15 bits per heavy atom. The molecule has 17 heteroatoms. The summed E-state index contributed by atoms with van der Waals surface area (Å²) in [6.07, 6.45) is -14.5. The maximum Gasteiger partial charge on any atom is 0.420 e. The Labute approximate surface area is 237 Å². The first-order valence-corrected chi connectivity index (χ1v) is 11.8. The summed E-state index contributed by atoms with van der Waals surface area (Å²) >= 11 is 5.45. The van der Waals surface area contributed by atoms with Gasteiger partial charge in [0.15, 0.2) is 11.6 Å². The van der Waals surface area contributed by atoms with Crippen molar-refractivity contribution in [2.45, 2.75) is 18.5 Å². The van der Waals surface area contributed by atoms with E-state index >= 15 is 0 Å². The average molecular weight is 622 g/mol. The SMILES string of the molecule is [2H]C([2H])([2H])N(C(=O)Oc1c(N2CCN(CC(O)CN(C)C)C2=O)cc(C(F)(F)F)cc1C(F)(F)F)c1ccc(F)c(Cl)c1F. The molecule has 3 amide bonds. The highest BCUT2D eigenvalue weighted by atomic mass is 35.5. The molecule has 1 unspecified atom stereocenters. The number of halogens is 9. The lowest BCUT2D eigenvalue weighted by Crippen LogP contribution is -2.40. The molecule has 1 saturated heterocycles. The number of hydrogen-bond donors (Lipinski definition) is 1. The van der Waals surface area contributed by atoms with Gasteiger partial charge in [-0.3, -0.25) is 9.80 Å². The molecule has 8 nitrogen and oxygen atoms in total. The first kappa shape index (κ1) is 27.8. The lowest BCUT2D eigenvalue weighted by atomic mass is 10.1. The van der Waals surface area contributed by atoms with Crippen LogP contribution in [0.5, 0.6) is 5.75 Å². The molecule has 2 aromatic rings. The molecule has 2 aromatic carbocycles. The van der Waals surface area contributed by atoms with Crippen LogP contribution in [0.4, 0.5) is 56.1 Å². The van der Waals surface area contributed by atoms with E-state index in [1.54, 1.807) is 19.0 Å². The summed E-state index contributed by atoms with van der Waals surface area (Å²) in [6.45, 7) is -4.86. The van der Waals surface area contributed by atoms with Crippen molar-refractivity contribution < 1.29 is 58.7 Å². The van der Waals surface area contributed by atoms with Gasteiger partial charge in [-0.15, -0.1) is 0 Å². The number of carbonyl (C=O) groups excluding carboxylic acids is 2. The lowest BCUT2D eigenvalue weighted by molar-refractivity contribution is -0.143. The number of aliphatic hydroxyl groups excluding tert-OH is 1. The van der Waals surface area contributed by atoms with Crippen LogP contribution in [0, 0.1) is 11.6 Å². The summed E-state index contributed by atoms with van der Waals surface area (Å²) < 4.78 is 140. The number of hydrogen-bond acceptors (Lipinski definition) is 5. The molecule has 1 atom stereocenters. The van der Waals surface area contributed by atoms with Gasteiger partial charge < -0.3 is 19.6 Å². The number of ether oxygens (including phenoxy) is 1. The monoisotopic (exact) mass is 621 g/mol. The molecule has 0 radical (unpaired) electrons. The summed E-state index contributed by atoms with van der Waals surface area (Å²) in [7, 11) is 3.19. The number of urea groups is 1. The van der Waals surface area contributed by atoms with Gasteiger partial charge in [-0.2, -0.15) is 26.3 Å². The van der Waals surface area contributed by atoms with E-state index in [0.29, 0.717) is 17.0 Å². The van der Waals surface area contributed by atoms with Crippen LogP contribution in [0.2, 0.25) is 5.02 Å². The fraction of sp³-hybridized carbons (Fsp3) is 0.417. The molecule has 1 fully saturated rings. The second-order valence-corrected chi connectivity index (χ2v) is 9.44. The van der Waals surface area contributed by atoms with Crippen LogP contribution >= 0.6 is 11.6 Å². The number of rotatable bonds is 7. The van der Waals surface area contributed by atoms with Crippen LogP contribution in [0.1, 0.15) is 15.2 Å². The van der Waals surface area contributed by atoms with Gasteiger partial charge in [0, 0.05) is 37.3 Å². The van der Waals surface area contributed by atoms with Gasteiger partial charge in [-0.05, 0) is 38.4 Å². The van der Waals surface area contributed by atoms with Gasteiger partial charge in [0.25, 0.3) is 0 Å². The standard InChI is InChI=1S/C24H23ClF8N4O4/c1-34(2)10-13(38)11-36-6-7-37(21(36)39)17-9-12(23(28,29)30)8-14(24(31,32)33)20(17)41-22(40)35(3)16-5-4-15(26)18(25)19(16)27/h4-5,8-9,13,38H,6-7,10-11H2,1-3H3/i3D3. The number of amides is 3. The van der Waals surface area contributed by atoms with Crippen LogP contribution in [-0.2, 0) is 12.4 Å². The number of likely N-dealkylation sites (N-methyl/N-ethyl adjacent to an activating group) is 1. The predicted molar refractivity (Wildman–Crippen MR) is 131 cm³/mol. The van der Waals surface area contributed by atoms with Crippen molar-refractivity contribution in [2.75, 3.05) is 57.1 Å². The summed E-state index contributed by atoms with van der Waals surface area (Å²) in [5, 5.41) is 8.91. The fourth-order valence-electron chi connectivity index (χ4n) is 3.92. The van der Waals surface area contributed by atoms with Crippen molar-refractivity contribution in [1.82, 2.24) is 9.80 Å². The van der Waals surface area contributed by atoms with Crippen LogP contribution in [0.3, 0.4) is 0 Å². The Kier molecular flexibility index (Phi) is 8.03. The van der Waals surface area contributed by atoms with E-state index in [1.807, 2.05) is 0 Å². The first-order valence-electron chi connectivity index (χ1n) is 12.9. The topological polar surface area (TPSA) is 76.6 Å². The molecular weight excluding hydrogens is 596 g/mol. The minimum atomic E-state index is -5.68. The smallest absolute Gasteiger partial charge is 0.407 e. The van der Waals surface area contributed by atoms with Crippen LogP contribution in [0.25, 0.3) is 0 Å². The minimum absolute atomic E-state index is 0.0450. The zero-order valence-electron chi connectivity index (χ0n) is 24.1. The quantitative estimate of drug-likeness (QED) is 0.329. The number of alkyl halides is 6. The van der Waals surface area contributed by atoms with Crippen molar-refractivity contribution in [1.29, 1.82) is 0 Å². The van der Waals surface area contributed by atoms with E-state index in [-0.39, 0.29) is 25.7 Å². The number of anilines is 2. The second-order valence-electron chi connectivity index (χ2n) is 9.06. The molecule has 1 aliphatic heterocycles. The molecule has 41 heavy (non-hydrogen) atoms. The fourth-order valence-corrected chi connectivity index (χ4v) is 4.08. The Balaban J connectivity index is 2.19. The summed E-state index contributed by atoms with van der Waals surface area (Å²) in [5.41, 5.74) is -6.61. The number of nitrogens with zero attached hydrogens (tertiary/aromatic N) is 4. The van der Waals surface area contributed by atoms with Gasteiger partial charge in [0.2, 0.25) is 0 Å². The third-order valence-electron chi connectivity index (χ3n) is 5.72. The average Bonchev–Trinajstić information content (AvgIpc) is 3.21. The van der Waals surface area contributed by atoms with Crippen LogP contribution < -0.4 is 14.5 Å². The number of benzene rings is 2. The van der Waals surface area contributed by atoms with E-state index < -0.39 is 100.0 Å². The van der Waals surface area contributed by atoms with E-state index in [4.69, 9.17) is 20.5 Å². The second kappa shape index (κ2) is 11.9. The highest BCUT2D eigenvalue weighted by Crippen LogP contribution is 2.47. The molecule has 0 spiro atoms. The zero-order chi connectivity index (χ0) is 33.5. The molecule has 3 rings (SSSR count). The van der Waals surface area contributed by atoms with Crippen molar-refractivity contribution in [3.63, 3.8) is 0 Å². The Morgan fingerprint density at radius 2 is 1.80 bits per heavy atom. The molecule has 1 aliphatic rings. The summed E-state index contributed by atoms with van der Waals surface area (Å²) in [4.78, 5) is 28.7. The van der Waals surface area contributed by atoms with Crippen molar-refractivity contribution in [2.24, 2.45) is 0 Å². The molecule has 1 N–H and O–H groups in total. The normalized spacial score (nSPS) is 16.5. The van der Waals surface area contributed by atoms with Crippen molar-refractivity contribution in [3.8, 4) is 5.75 Å². The number of aliphatic hydroxyl groups is 1. The van der Waals surface area contributed by atoms with E-state index in [1.165, 1.54) is 0 Å². The summed E-state index contributed by atoms with van der Waals surface area (Å²) in [5.74, 6) is -4.91. The maximum atomic E-state index is 14.7. The minimum Gasteiger partial charge on any atom is -0.407 e. The van der Waals surface area contributed by atoms with E-state index in [0.717, 1.165) is 4.90 Å². The molecular formula is C24H23ClF8N4O4. The first-order chi connectivity index (χ1) is 20.0. The van der Waals surface area contributed by atoms with Gasteiger partial charge in [0.1, 0.15) is 16.4 Å². The number of β-amino-alcohol motifs (C(OH)–C–C–N with tert-alkyl or cyclic N) is 1. The van der Waals surface area contributed by atoms with E-state index in [9.17, 15) is 49.8 Å². The molecule has 0 aromatic heterocycles. The number of carbonyl (C=O) groups is 2. The van der Waals surface area contributed by atoms with Crippen molar-refractivity contribution in [3.05, 3.63) is 52.0 Å². The molecule has 0 saturated carbocycles. The zero-order valence-corrected chi connectivity index (χ0v) is 21.8. The van der Waals surface area contributed by atoms with E-state index in [2.05, 4.69) is 0 Å².